The van der Waals surface area contributed by atoms with E-state index in [1.807, 2.05) is 36.1 Å². The molecule has 2 rings (SSSR count). The Morgan fingerprint density at radius 3 is 2.52 bits per heavy atom. The van der Waals surface area contributed by atoms with Crippen LogP contribution in [0.2, 0.25) is 0 Å². The van der Waals surface area contributed by atoms with Gasteiger partial charge < -0.3 is 15.1 Å². The van der Waals surface area contributed by atoms with E-state index in [1.165, 1.54) is 0 Å². The van der Waals surface area contributed by atoms with Gasteiger partial charge in [0.15, 0.2) is 0 Å². The number of hydrogen-bond donors (Lipinski definition) is 1. The number of amides is 2. The summed E-state index contributed by atoms with van der Waals surface area (Å²) in [5.74, 6) is 0.0986. The van der Waals surface area contributed by atoms with Crippen LogP contribution in [0.4, 0.5) is 0 Å². The molecule has 0 atom stereocenters. The Balaban J connectivity index is 1.87. The van der Waals surface area contributed by atoms with Gasteiger partial charge in [0, 0.05) is 57.8 Å². The van der Waals surface area contributed by atoms with Crippen LogP contribution in [-0.2, 0) is 11.3 Å². The van der Waals surface area contributed by atoms with E-state index >= 15 is 0 Å². The van der Waals surface area contributed by atoms with Crippen molar-refractivity contribution in [2.24, 2.45) is 0 Å². The van der Waals surface area contributed by atoms with E-state index in [0.717, 1.165) is 44.8 Å². The third kappa shape index (κ3) is 6.14. The summed E-state index contributed by atoms with van der Waals surface area (Å²) >= 11 is 0. The van der Waals surface area contributed by atoms with E-state index in [9.17, 15) is 9.59 Å². The lowest BCUT2D eigenvalue weighted by atomic mass is 10.1. The maximum absolute atomic E-state index is 12.7. The average Bonchev–Trinajstić information content (AvgIpc) is 2.64. The van der Waals surface area contributed by atoms with Crippen LogP contribution in [0.5, 0.6) is 0 Å². The number of benzene rings is 1. The number of nitrogens with zero attached hydrogens (tertiary/aromatic N) is 3. The standard InChI is InChI=1S/C19H30N4O2/c1-4-18(24)20-15-16-6-5-7-17(14-16)19(25)23-12-10-22(11-13-23)9-8-21(2)3/h5-7,14H,4,8-13,15H2,1-3H3,(H,20,24). The molecule has 0 bridgehead atoms. The van der Waals surface area contributed by atoms with Gasteiger partial charge in [-0.15, -0.1) is 0 Å². The first-order chi connectivity index (χ1) is 12.0. The Morgan fingerprint density at radius 1 is 1.16 bits per heavy atom. The Morgan fingerprint density at radius 2 is 1.88 bits per heavy atom. The highest BCUT2D eigenvalue weighted by Crippen LogP contribution is 2.11. The molecule has 1 aliphatic heterocycles. The van der Waals surface area contributed by atoms with Crippen molar-refractivity contribution in [3.8, 4) is 0 Å². The zero-order valence-corrected chi connectivity index (χ0v) is 15.6. The zero-order chi connectivity index (χ0) is 18.2. The van der Waals surface area contributed by atoms with Gasteiger partial charge >= 0.3 is 0 Å². The first-order valence-corrected chi connectivity index (χ1v) is 9.01. The van der Waals surface area contributed by atoms with Gasteiger partial charge in [-0.1, -0.05) is 19.1 Å². The van der Waals surface area contributed by atoms with Crippen LogP contribution in [-0.4, -0.2) is 79.9 Å². The molecule has 1 heterocycles. The predicted octanol–water partition coefficient (Wildman–Crippen LogP) is 1.03. The lowest BCUT2D eigenvalue weighted by Gasteiger charge is -2.35. The van der Waals surface area contributed by atoms with Crippen LogP contribution >= 0.6 is 0 Å². The molecule has 6 heteroatoms. The van der Waals surface area contributed by atoms with Crippen LogP contribution in [0.15, 0.2) is 24.3 Å². The zero-order valence-electron chi connectivity index (χ0n) is 15.6. The average molecular weight is 346 g/mol. The molecule has 1 aromatic rings. The van der Waals surface area contributed by atoms with E-state index in [2.05, 4.69) is 29.2 Å². The van der Waals surface area contributed by atoms with Crippen molar-refractivity contribution in [1.82, 2.24) is 20.0 Å². The highest BCUT2D eigenvalue weighted by atomic mass is 16.2. The van der Waals surface area contributed by atoms with Crippen LogP contribution in [0.1, 0.15) is 29.3 Å². The molecule has 0 radical (unpaired) electrons. The van der Waals surface area contributed by atoms with Crippen molar-refractivity contribution in [1.29, 1.82) is 0 Å². The molecule has 2 amide bonds. The minimum Gasteiger partial charge on any atom is -0.352 e. The Labute approximate surface area is 150 Å². The van der Waals surface area contributed by atoms with Gasteiger partial charge in [-0.2, -0.15) is 0 Å². The molecule has 138 valence electrons. The first-order valence-electron chi connectivity index (χ1n) is 9.01. The highest BCUT2D eigenvalue weighted by molar-refractivity contribution is 5.94. The quantitative estimate of drug-likeness (QED) is 0.801. The van der Waals surface area contributed by atoms with E-state index in [1.54, 1.807) is 0 Å². The fraction of sp³-hybridized carbons (Fsp3) is 0.579. The van der Waals surface area contributed by atoms with Gasteiger partial charge in [-0.3, -0.25) is 14.5 Å². The maximum atomic E-state index is 12.7. The third-order valence-electron chi connectivity index (χ3n) is 4.51. The van der Waals surface area contributed by atoms with Gasteiger partial charge in [-0.05, 0) is 31.8 Å². The number of nitrogens with one attached hydrogen (secondary N) is 1. The van der Waals surface area contributed by atoms with E-state index < -0.39 is 0 Å². The summed E-state index contributed by atoms with van der Waals surface area (Å²) in [7, 11) is 4.16. The predicted molar refractivity (Wildman–Crippen MR) is 99.5 cm³/mol. The number of carbonyl (C=O) groups excluding carboxylic acids is 2. The Kier molecular flexibility index (Phi) is 7.40. The van der Waals surface area contributed by atoms with Gasteiger partial charge in [0.05, 0.1) is 0 Å². The number of carbonyl (C=O) groups is 2. The molecule has 1 N–H and O–H groups in total. The topological polar surface area (TPSA) is 55.9 Å². The summed E-state index contributed by atoms with van der Waals surface area (Å²) in [5.41, 5.74) is 1.65. The van der Waals surface area contributed by atoms with Gasteiger partial charge in [-0.25, -0.2) is 0 Å². The van der Waals surface area contributed by atoms with E-state index in [-0.39, 0.29) is 11.8 Å². The van der Waals surface area contributed by atoms with Gasteiger partial charge in [0.2, 0.25) is 5.91 Å². The Hall–Kier alpha value is -1.92. The lowest BCUT2D eigenvalue weighted by Crippen LogP contribution is -2.50. The molecular weight excluding hydrogens is 316 g/mol. The maximum Gasteiger partial charge on any atom is 0.253 e. The summed E-state index contributed by atoms with van der Waals surface area (Å²) in [5, 5.41) is 2.85. The highest BCUT2D eigenvalue weighted by Gasteiger charge is 2.22. The van der Waals surface area contributed by atoms with Crippen molar-refractivity contribution in [2.75, 3.05) is 53.4 Å². The molecule has 0 aliphatic carbocycles. The summed E-state index contributed by atoms with van der Waals surface area (Å²) in [6, 6.07) is 7.56. The molecule has 1 saturated heterocycles. The molecule has 0 aromatic heterocycles. The molecule has 0 spiro atoms. The third-order valence-corrected chi connectivity index (χ3v) is 4.51. The molecule has 1 fully saturated rings. The van der Waals surface area contributed by atoms with E-state index in [4.69, 9.17) is 0 Å². The van der Waals surface area contributed by atoms with Crippen LogP contribution < -0.4 is 5.32 Å². The van der Waals surface area contributed by atoms with Crippen molar-refractivity contribution < 1.29 is 9.59 Å². The lowest BCUT2D eigenvalue weighted by molar-refractivity contribution is -0.120. The second-order valence-electron chi connectivity index (χ2n) is 6.77. The summed E-state index contributed by atoms with van der Waals surface area (Å²) in [6.45, 7) is 7.75. The minimum atomic E-state index is 0.0191. The second kappa shape index (κ2) is 9.53. The van der Waals surface area contributed by atoms with Gasteiger partial charge in [0.25, 0.3) is 5.91 Å². The fourth-order valence-corrected chi connectivity index (χ4v) is 2.84. The molecule has 6 nitrogen and oxygen atoms in total. The SMILES string of the molecule is CCC(=O)NCc1cccc(C(=O)N2CCN(CCN(C)C)CC2)c1. The smallest absolute Gasteiger partial charge is 0.253 e. The number of hydrogen-bond acceptors (Lipinski definition) is 4. The molecular formula is C19H30N4O2. The van der Waals surface area contributed by atoms with Gasteiger partial charge in [0.1, 0.15) is 0 Å². The monoisotopic (exact) mass is 346 g/mol. The molecule has 0 unspecified atom stereocenters. The number of piperazine rings is 1. The summed E-state index contributed by atoms with van der Waals surface area (Å²) in [4.78, 5) is 30.6. The fourth-order valence-electron chi connectivity index (χ4n) is 2.84. The first kappa shape index (κ1) is 19.4. The van der Waals surface area contributed by atoms with Crippen LogP contribution in [0, 0.1) is 0 Å². The minimum absolute atomic E-state index is 0.0191. The Bertz CT molecular complexity index is 581. The molecule has 1 aliphatic rings. The normalized spacial score (nSPS) is 15.4. The van der Waals surface area contributed by atoms with Crippen molar-refractivity contribution >= 4 is 11.8 Å². The molecule has 25 heavy (non-hydrogen) atoms. The van der Waals surface area contributed by atoms with Crippen molar-refractivity contribution in [3.63, 3.8) is 0 Å². The van der Waals surface area contributed by atoms with Crippen LogP contribution in [0.25, 0.3) is 0 Å². The van der Waals surface area contributed by atoms with Crippen molar-refractivity contribution in [3.05, 3.63) is 35.4 Å². The van der Waals surface area contributed by atoms with Crippen LogP contribution in [0.3, 0.4) is 0 Å². The second-order valence-corrected chi connectivity index (χ2v) is 6.77. The van der Waals surface area contributed by atoms with E-state index in [0.29, 0.717) is 18.5 Å². The molecule has 0 saturated carbocycles. The summed E-state index contributed by atoms with van der Waals surface area (Å²) < 4.78 is 0. The number of likely N-dealkylation sites (N-methyl/N-ethyl adjacent to an activating group) is 1. The number of rotatable bonds is 7. The largest absolute Gasteiger partial charge is 0.352 e. The van der Waals surface area contributed by atoms with Crippen molar-refractivity contribution in [2.45, 2.75) is 19.9 Å². The summed E-state index contributed by atoms with van der Waals surface area (Å²) in [6.07, 6.45) is 0.469. The molecule has 1 aromatic carbocycles.